The molecule has 0 amide bonds. The lowest BCUT2D eigenvalue weighted by Crippen LogP contribution is -1.98. The highest BCUT2D eigenvalue weighted by molar-refractivity contribution is 6.06. The Hall–Kier alpha value is -2.75. The standard InChI is InChI=1S/C22H26O4/c1-4-5-6-13-26-19-10-8-18(9-11-19)22(23)12-7-17-14-20(24-2)16-21(15-17)25-3/h7-12,14-16H,4-6,13H2,1-3H3/b12-7+. The first kappa shape index (κ1) is 19.6. The Labute approximate surface area is 155 Å². The minimum atomic E-state index is -0.0654. The molecular weight excluding hydrogens is 328 g/mol. The summed E-state index contributed by atoms with van der Waals surface area (Å²) in [6, 6.07) is 12.7. The van der Waals surface area contributed by atoms with E-state index in [1.807, 2.05) is 24.3 Å². The molecule has 26 heavy (non-hydrogen) atoms. The molecule has 0 aromatic heterocycles. The summed E-state index contributed by atoms with van der Waals surface area (Å²) in [6.07, 6.45) is 6.68. The molecule has 2 aromatic carbocycles. The van der Waals surface area contributed by atoms with Gasteiger partial charge in [-0.3, -0.25) is 4.79 Å². The van der Waals surface area contributed by atoms with Gasteiger partial charge in [0, 0.05) is 11.6 Å². The minimum Gasteiger partial charge on any atom is -0.497 e. The van der Waals surface area contributed by atoms with E-state index in [1.165, 1.54) is 6.42 Å². The van der Waals surface area contributed by atoms with Crippen molar-refractivity contribution in [1.82, 2.24) is 0 Å². The van der Waals surface area contributed by atoms with Gasteiger partial charge in [0.15, 0.2) is 5.78 Å². The number of carbonyl (C=O) groups excluding carboxylic acids is 1. The van der Waals surface area contributed by atoms with Crippen LogP contribution in [-0.2, 0) is 0 Å². The maximum absolute atomic E-state index is 12.3. The molecule has 0 bridgehead atoms. The van der Waals surface area contributed by atoms with Gasteiger partial charge in [-0.15, -0.1) is 0 Å². The van der Waals surface area contributed by atoms with E-state index >= 15 is 0 Å². The van der Waals surface area contributed by atoms with Gasteiger partial charge < -0.3 is 14.2 Å². The van der Waals surface area contributed by atoms with Gasteiger partial charge in [-0.25, -0.2) is 0 Å². The summed E-state index contributed by atoms with van der Waals surface area (Å²) in [5.74, 6) is 2.09. The highest BCUT2D eigenvalue weighted by Gasteiger charge is 2.04. The Bertz CT molecular complexity index is 710. The van der Waals surface area contributed by atoms with E-state index in [0.717, 1.165) is 24.2 Å². The molecule has 0 heterocycles. The van der Waals surface area contributed by atoms with Crippen molar-refractivity contribution in [2.24, 2.45) is 0 Å². The molecule has 0 atom stereocenters. The number of ketones is 1. The molecule has 0 saturated carbocycles. The highest BCUT2D eigenvalue weighted by Crippen LogP contribution is 2.23. The lowest BCUT2D eigenvalue weighted by Gasteiger charge is -2.06. The lowest BCUT2D eigenvalue weighted by atomic mass is 10.1. The summed E-state index contributed by atoms with van der Waals surface area (Å²) in [7, 11) is 3.19. The maximum atomic E-state index is 12.3. The predicted octanol–water partition coefficient (Wildman–Crippen LogP) is 5.17. The number of ether oxygens (including phenoxy) is 3. The van der Waals surface area contributed by atoms with Crippen LogP contribution in [0.25, 0.3) is 6.08 Å². The summed E-state index contributed by atoms with van der Waals surface area (Å²) in [6.45, 7) is 2.87. The first-order valence-electron chi connectivity index (χ1n) is 8.84. The maximum Gasteiger partial charge on any atom is 0.185 e. The van der Waals surface area contributed by atoms with E-state index in [-0.39, 0.29) is 5.78 Å². The molecule has 0 radical (unpaired) electrons. The number of hydrogen-bond acceptors (Lipinski definition) is 4. The number of rotatable bonds is 10. The van der Waals surface area contributed by atoms with Crippen molar-refractivity contribution in [3.8, 4) is 17.2 Å². The fourth-order valence-electron chi connectivity index (χ4n) is 2.45. The third-order valence-corrected chi connectivity index (χ3v) is 3.96. The molecule has 0 aliphatic heterocycles. The second-order valence-corrected chi connectivity index (χ2v) is 5.92. The molecule has 2 rings (SSSR count). The smallest absolute Gasteiger partial charge is 0.185 e. The minimum absolute atomic E-state index is 0.0654. The Morgan fingerprint density at radius 1 is 0.923 bits per heavy atom. The fraction of sp³-hybridized carbons (Fsp3) is 0.318. The fourth-order valence-corrected chi connectivity index (χ4v) is 2.45. The first-order chi connectivity index (χ1) is 12.7. The SMILES string of the molecule is CCCCCOc1ccc(C(=O)/C=C/c2cc(OC)cc(OC)c2)cc1. The van der Waals surface area contributed by atoms with Crippen molar-refractivity contribution < 1.29 is 19.0 Å². The summed E-state index contributed by atoms with van der Waals surface area (Å²) in [5.41, 5.74) is 1.46. The van der Waals surface area contributed by atoms with Crippen LogP contribution in [0.5, 0.6) is 17.2 Å². The topological polar surface area (TPSA) is 44.8 Å². The molecule has 0 fully saturated rings. The molecule has 0 unspecified atom stereocenters. The van der Waals surface area contributed by atoms with Gasteiger partial charge in [-0.05, 0) is 54.5 Å². The normalized spacial score (nSPS) is 10.7. The molecule has 4 heteroatoms. The Morgan fingerprint density at radius 3 is 2.15 bits per heavy atom. The van der Waals surface area contributed by atoms with Crippen LogP contribution in [0.1, 0.15) is 42.1 Å². The zero-order chi connectivity index (χ0) is 18.8. The largest absolute Gasteiger partial charge is 0.497 e. The Kier molecular flexibility index (Phi) is 7.75. The Balaban J connectivity index is 1.99. The first-order valence-corrected chi connectivity index (χ1v) is 8.84. The number of hydrogen-bond donors (Lipinski definition) is 0. The molecular formula is C22H26O4. The van der Waals surface area contributed by atoms with E-state index in [9.17, 15) is 4.79 Å². The van der Waals surface area contributed by atoms with Crippen molar-refractivity contribution >= 4 is 11.9 Å². The number of allylic oxidation sites excluding steroid dienone is 1. The highest BCUT2D eigenvalue weighted by atomic mass is 16.5. The summed E-state index contributed by atoms with van der Waals surface area (Å²) in [4.78, 5) is 12.3. The van der Waals surface area contributed by atoms with Crippen molar-refractivity contribution in [3.63, 3.8) is 0 Å². The monoisotopic (exact) mass is 354 g/mol. The molecule has 0 aliphatic rings. The molecule has 2 aromatic rings. The third-order valence-electron chi connectivity index (χ3n) is 3.96. The van der Waals surface area contributed by atoms with Gasteiger partial charge in [0.2, 0.25) is 0 Å². The third kappa shape index (κ3) is 5.96. The van der Waals surface area contributed by atoms with Crippen LogP contribution in [0.4, 0.5) is 0 Å². The van der Waals surface area contributed by atoms with Gasteiger partial charge in [0.1, 0.15) is 17.2 Å². The van der Waals surface area contributed by atoms with E-state index in [4.69, 9.17) is 14.2 Å². The van der Waals surface area contributed by atoms with E-state index in [2.05, 4.69) is 6.92 Å². The number of benzene rings is 2. The van der Waals surface area contributed by atoms with Crippen LogP contribution >= 0.6 is 0 Å². The van der Waals surface area contributed by atoms with Crippen LogP contribution in [0.2, 0.25) is 0 Å². The Morgan fingerprint density at radius 2 is 1.58 bits per heavy atom. The van der Waals surface area contributed by atoms with Crippen LogP contribution in [-0.4, -0.2) is 26.6 Å². The van der Waals surface area contributed by atoms with Gasteiger partial charge in [-0.1, -0.05) is 25.8 Å². The summed E-state index contributed by atoms with van der Waals surface area (Å²) in [5, 5.41) is 0. The van der Waals surface area contributed by atoms with Crippen LogP contribution in [0.3, 0.4) is 0 Å². The summed E-state index contributed by atoms with van der Waals surface area (Å²) < 4.78 is 16.1. The quantitative estimate of drug-likeness (QED) is 0.335. The van der Waals surface area contributed by atoms with E-state index < -0.39 is 0 Å². The van der Waals surface area contributed by atoms with Crippen molar-refractivity contribution in [1.29, 1.82) is 0 Å². The summed E-state index contributed by atoms with van der Waals surface area (Å²) >= 11 is 0. The molecule has 4 nitrogen and oxygen atoms in total. The average Bonchev–Trinajstić information content (AvgIpc) is 2.69. The van der Waals surface area contributed by atoms with Crippen molar-refractivity contribution in [2.75, 3.05) is 20.8 Å². The van der Waals surface area contributed by atoms with Crippen molar-refractivity contribution in [3.05, 3.63) is 59.7 Å². The van der Waals surface area contributed by atoms with Crippen molar-refractivity contribution in [2.45, 2.75) is 26.2 Å². The molecule has 138 valence electrons. The average molecular weight is 354 g/mol. The lowest BCUT2D eigenvalue weighted by molar-refractivity contribution is 0.104. The van der Waals surface area contributed by atoms with Gasteiger partial charge in [-0.2, -0.15) is 0 Å². The zero-order valence-corrected chi connectivity index (χ0v) is 15.7. The van der Waals surface area contributed by atoms with Gasteiger partial charge in [0.25, 0.3) is 0 Å². The predicted molar refractivity (Wildman–Crippen MR) is 104 cm³/mol. The number of methoxy groups -OCH3 is 2. The van der Waals surface area contributed by atoms with Gasteiger partial charge in [0.05, 0.1) is 20.8 Å². The van der Waals surface area contributed by atoms with E-state index in [1.54, 1.807) is 44.6 Å². The molecule has 0 N–H and O–H groups in total. The molecule has 0 aliphatic carbocycles. The molecule has 0 saturated heterocycles. The van der Waals surface area contributed by atoms with Crippen LogP contribution in [0, 0.1) is 0 Å². The number of unbranched alkanes of at least 4 members (excludes halogenated alkanes) is 2. The zero-order valence-electron chi connectivity index (χ0n) is 15.7. The van der Waals surface area contributed by atoms with Gasteiger partial charge >= 0.3 is 0 Å². The molecule has 0 spiro atoms. The van der Waals surface area contributed by atoms with E-state index in [0.29, 0.717) is 23.7 Å². The van der Waals surface area contributed by atoms with Crippen LogP contribution < -0.4 is 14.2 Å². The number of carbonyl (C=O) groups is 1. The second kappa shape index (κ2) is 10.3. The second-order valence-electron chi connectivity index (χ2n) is 5.92. The van der Waals surface area contributed by atoms with Crippen LogP contribution in [0.15, 0.2) is 48.5 Å².